The number of benzene rings is 1. The van der Waals surface area contributed by atoms with Gasteiger partial charge in [0.25, 0.3) is 0 Å². The molecule has 0 aliphatic carbocycles. The lowest BCUT2D eigenvalue weighted by Gasteiger charge is -2.10. The van der Waals surface area contributed by atoms with E-state index < -0.39 is 6.04 Å². The van der Waals surface area contributed by atoms with E-state index in [1.54, 1.807) is 0 Å². The number of carbonyl (C=O) groups excluding carboxylic acids is 1. The van der Waals surface area contributed by atoms with Gasteiger partial charge in [0.15, 0.2) is 0 Å². The summed E-state index contributed by atoms with van der Waals surface area (Å²) in [7, 11) is 0. The maximum atomic E-state index is 12.0. The molecular formula is C15H20N4O2S. The van der Waals surface area contributed by atoms with E-state index in [-0.39, 0.29) is 5.91 Å². The van der Waals surface area contributed by atoms with E-state index in [0.29, 0.717) is 24.2 Å². The zero-order valence-electron chi connectivity index (χ0n) is 12.5. The van der Waals surface area contributed by atoms with E-state index in [4.69, 9.17) is 10.5 Å². The van der Waals surface area contributed by atoms with Gasteiger partial charge in [-0.3, -0.25) is 10.1 Å². The van der Waals surface area contributed by atoms with Gasteiger partial charge >= 0.3 is 6.01 Å². The largest absolute Gasteiger partial charge is 0.463 e. The van der Waals surface area contributed by atoms with Crippen LogP contribution in [0, 0.1) is 0 Å². The molecule has 1 aromatic carbocycles. The fraction of sp³-hybridized carbons (Fsp3) is 0.400. The Kier molecular flexibility index (Phi) is 6.29. The van der Waals surface area contributed by atoms with Gasteiger partial charge in [-0.15, -0.1) is 4.37 Å². The first-order valence-electron chi connectivity index (χ1n) is 7.26. The molecule has 0 radical (unpaired) electrons. The summed E-state index contributed by atoms with van der Waals surface area (Å²) in [5.74, 6) is -0.278. The Morgan fingerprint density at radius 3 is 2.91 bits per heavy atom. The third-order valence-electron chi connectivity index (χ3n) is 3.00. The molecule has 1 heterocycles. The Morgan fingerprint density at radius 1 is 1.41 bits per heavy atom. The van der Waals surface area contributed by atoms with Gasteiger partial charge in [-0.1, -0.05) is 43.7 Å². The number of rotatable bonds is 8. The van der Waals surface area contributed by atoms with Crippen LogP contribution in [0.2, 0.25) is 0 Å². The maximum Gasteiger partial charge on any atom is 0.330 e. The van der Waals surface area contributed by atoms with Gasteiger partial charge in [0.2, 0.25) is 11.0 Å². The first kappa shape index (κ1) is 16.4. The van der Waals surface area contributed by atoms with E-state index in [0.717, 1.165) is 29.9 Å². The highest BCUT2D eigenvalue weighted by Crippen LogP contribution is 2.16. The Labute approximate surface area is 133 Å². The minimum Gasteiger partial charge on any atom is -0.463 e. The second-order valence-electron chi connectivity index (χ2n) is 4.87. The SMILES string of the molecule is CCCCOc1nsc(NC(=O)[C@@H](N)Cc2ccccc2)n1. The van der Waals surface area contributed by atoms with Crippen molar-refractivity contribution in [3.05, 3.63) is 35.9 Å². The highest BCUT2D eigenvalue weighted by Gasteiger charge is 2.16. The van der Waals surface area contributed by atoms with Crippen LogP contribution in [0.4, 0.5) is 5.13 Å². The smallest absolute Gasteiger partial charge is 0.330 e. The van der Waals surface area contributed by atoms with Crippen LogP contribution in [0.5, 0.6) is 6.01 Å². The molecule has 0 bridgehead atoms. The first-order chi connectivity index (χ1) is 10.7. The van der Waals surface area contributed by atoms with Crippen molar-refractivity contribution >= 4 is 22.6 Å². The van der Waals surface area contributed by atoms with E-state index in [1.807, 2.05) is 30.3 Å². The number of anilines is 1. The van der Waals surface area contributed by atoms with Gasteiger partial charge in [0, 0.05) is 11.5 Å². The predicted molar refractivity (Wildman–Crippen MR) is 87.1 cm³/mol. The quantitative estimate of drug-likeness (QED) is 0.728. The molecule has 0 aliphatic rings. The lowest BCUT2D eigenvalue weighted by Crippen LogP contribution is -2.37. The molecule has 0 saturated heterocycles. The van der Waals surface area contributed by atoms with Crippen LogP contribution in [0.3, 0.4) is 0 Å². The predicted octanol–water partition coefficient (Wildman–Crippen LogP) is 2.23. The molecule has 1 atom stereocenters. The van der Waals surface area contributed by atoms with Crippen molar-refractivity contribution in [2.24, 2.45) is 5.73 Å². The van der Waals surface area contributed by atoms with Crippen LogP contribution in [0.1, 0.15) is 25.3 Å². The molecule has 1 amide bonds. The third-order valence-corrected chi connectivity index (χ3v) is 3.62. The van der Waals surface area contributed by atoms with Crippen LogP contribution in [-0.4, -0.2) is 27.9 Å². The van der Waals surface area contributed by atoms with Crippen molar-refractivity contribution < 1.29 is 9.53 Å². The molecule has 0 spiro atoms. The van der Waals surface area contributed by atoms with Gasteiger partial charge in [-0.2, -0.15) is 4.98 Å². The number of unbranched alkanes of at least 4 members (excludes halogenated alkanes) is 1. The maximum absolute atomic E-state index is 12.0. The molecule has 2 aromatic rings. The molecule has 7 heteroatoms. The summed E-state index contributed by atoms with van der Waals surface area (Å²) in [6, 6.07) is 9.32. The van der Waals surface area contributed by atoms with Crippen LogP contribution >= 0.6 is 11.5 Å². The molecule has 6 nitrogen and oxygen atoms in total. The number of nitrogens with zero attached hydrogens (tertiary/aromatic N) is 2. The Morgan fingerprint density at radius 2 is 2.18 bits per heavy atom. The highest BCUT2D eigenvalue weighted by atomic mass is 32.1. The summed E-state index contributed by atoms with van der Waals surface area (Å²) in [4.78, 5) is 16.2. The molecule has 2 rings (SSSR count). The van der Waals surface area contributed by atoms with Crippen molar-refractivity contribution in [3.63, 3.8) is 0 Å². The second-order valence-corrected chi connectivity index (χ2v) is 5.62. The van der Waals surface area contributed by atoms with E-state index in [2.05, 4.69) is 21.6 Å². The number of carbonyl (C=O) groups is 1. The number of amides is 1. The topological polar surface area (TPSA) is 90.1 Å². The molecule has 118 valence electrons. The summed E-state index contributed by atoms with van der Waals surface area (Å²) in [5, 5.41) is 3.08. The fourth-order valence-electron chi connectivity index (χ4n) is 1.79. The number of nitrogens with two attached hydrogens (primary N) is 1. The Balaban J connectivity index is 1.83. The van der Waals surface area contributed by atoms with Gasteiger partial charge < -0.3 is 10.5 Å². The monoisotopic (exact) mass is 320 g/mol. The molecule has 3 N–H and O–H groups in total. The van der Waals surface area contributed by atoms with Crippen LogP contribution in [0.25, 0.3) is 0 Å². The zero-order valence-corrected chi connectivity index (χ0v) is 13.3. The molecule has 0 fully saturated rings. The zero-order chi connectivity index (χ0) is 15.8. The summed E-state index contributed by atoms with van der Waals surface area (Å²) in [5.41, 5.74) is 6.93. The van der Waals surface area contributed by atoms with Gasteiger partial charge in [0.05, 0.1) is 12.6 Å². The summed E-state index contributed by atoms with van der Waals surface area (Å²) in [6.45, 7) is 2.66. The van der Waals surface area contributed by atoms with Crippen LogP contribution in [-0.2, 0) is 11.2 Å². The lowest BCUT2D eigenvalue weighted by molar-refractivity contribution is -0.117. The molecular weight excluding hydrogens is 300 g/mol. The third kappa shape index (κ3) is 5.09. The molecule has 0 unspecified atom stereocenters. The van der Waals surface area contributed by atoms with Crippen molar-refractivity contribution in [1.29, 1.82) is 0 Å². The second kappa shape index (κ2) is 8.45. The number of nitrogens with one attached hydrogen (secondary N) is 1. The molecule has 22 heavy (non-hydrogen) atoms. The van der Waals surface area contributed by atoms with Crippen LogP contribution in [0.15, 0.2) is 30.3 Å². The van der Waals surface area contributed by atoms with Crippen molar-refractivity contribution in [3.8, 4) is 6.01 Å². The number of hydrogen-bond acceptors (Lipinski definition) is 6. The van der Waals surface area contributed by atoms with Gasteiger partial charge in [-0.25, -0.2) is 0 Å². The average molecular weight is 320 g/mol. The normalized spacial score (nSPS) is 11.9. The van der Waals surface area contributed by atoms with Crippen molar-refractivity contribution in [1.82, 2.24) is 9.36 Å². The number of ether oxygens (including phenoxy) is 1. The van der Waals surface area contributed by atoms with E-state index >= 15 is 0 Å². The fourth-order valence-corrected chi connectivity index (χ4v) is 2.31. The molecule has 1 aromatic heterocycles. The van der Waals surface area contributed by atoms with Crippen molar-refractivity contribution in [2.45, 2.75) is 32.2 Å². The standard InChI is InChI=1S/C15H20N4O2S/c1-2-3-9-21-14-18-15(22-19-14)17-13(20)12(16)10-11-7-5-4-6-8-11/h4-8,12H,2-3,9-10,16H2,1H3,(H,17,18,19,20)/t12-/m0/s1. The minimum absolute atomic E-state index is 0.278. The molecule has 0 aliphatic heterocycles. The van der Waals surface area contributed by atoms with Gasteiger partial charge in [0.1, 0.15) is 0 Å². The minimum atomic E-state index is -0.629. The van der Waals surface area contributed by atoms with Gasteiger partial charge in [-0.05, 0) is 18.4 Å². The summed E-state index contributed by atoms with van der Waals surface area (Å²) in [6.07, 6.45) is 2.47. The Bertz CT molecular complexity index is 588. The van der Waals surface area contributed by atoms with E-state index in [9.17, 15) is 4.79 Å². The number of hydrogen-bond donors (Lipinski definition) is 2. The van der Waals surface area contributed by atoms with Crippen molar-refractivity contribution in [2.75, 3.05) is 11.9 Å². The van der Waals surface area contributed by atoms with Crippen LogP contribution < -0.4 is 15.8 Å². The summed E-state index contributed by atoms with van der Waals surface area (Å²) < 4.78 is 9.41. The molecule has 0 saturated carbocycles. The average Bonchev–Trinajstić information content (AvgIpc) is 2.96. The highest BCUT2D eigenvalue weighted by molar-refractivity contribution is 7.10. The van der Waals surface area contributed by atoms with E-state index in [1.165, 1.54) is 0 Å². The Hall–Kier alpha value is -1.99. The lowest BCUT2D eigenvalue weighted by atomic mass is 10.1. The first-order valence-corrected chi connectivity index (χ1v) is 8.03. The summed E-state index contributed by atoms with van der Waals surface area (Å²) >= 11 is 1.09. The number of aromatic nitrogens is 2.